The zero-order valence-corrected chi connectivity index (χ0v) is 16.7. The number of halogens is 1. The standard InChI is InChI=1S/C18H26FN3O5S/c1-2-3-10-28(24,25)20-12-15-13-22(18(23)27-15)14-4-5-17(16(19)11-14)21-6-8-26-9-7-21/h4-5,11,15,20H,2-3,6-10,12-13H2,1H3/t15-/m0/s1. The highest BCUT2D eigenvalue weighted by atomic mass is 32.2. The van der Waals surface area contributed by atoms with Crippen molar-refractivity contribution in [1.82, 2.24) is 4.72 Å². The van der Waals surface area contributed by atoms with Gasteiger partial charge >= 0.3 is 6.09 Å². The minimum Gasteiger partial charge on any atom is -0.443 e. The maximum Gasteiger partial charge on any atom is 0.414 e. The third-order valence-corrected chi connectivity index (χ3v) is 6.20. The van der Waals surface area contributed by atoms with Gasteiger partial charge in [-0.1, -0.05) is 13.3 Å². The molecule has 0 saturated carbocycles. The first kappa shape index (κ1) is 20.8. The van der Waals surface area contributed by atoms with E-state index in [1.807, 2.05) is 11.8 Å². The number of amides is 1. The zero-order valence-electron chi connectivity index (χ0n) is 15.9. The molecule has 2 heterocycles. The first-order chi connectivity index (χ1) is 13.4. The van der Waals surface area contributed by atoms with Crippen molar-refractivity contribution in [3.63, 3.8) is 0 Å². The van der Waals surface area contributed by atoms with Gasteiger partial charge in [-0.3, -0.25) is 4.90 Å². The number of ether oxygens (including phenoxy) is 2. The molecule has 28 heavy (non-hydrogen) atoms. The lowest BCUT2D eigenvalue weighted by molar-refractivity contribution is 0.122. The summed E-state index contributed by atoms with van der Waals surface area (Å²) in [5.41, 5.74) is 0.857. The first-order valence-electron chi connectivity index (χ1n) is 9.47. The first-order valence-corrected chi connectivity index (χ1v) is 11.1. The summed E-state index contributed by atoms with van der Waals surface area (Å²) in [6.45, 7) is 4.40. The molecule has 10 heteroatoms. The van der Waals surface area contributed by atoms with E-state index < -0.39 is 28.0 Å². The summed E-state index contributed by atoms with van der Waals surface area (Å²) >= 11 is 0. The molecule has 1 aromatic rings. The van der Waals surface area contributed by atoms with Crippen molar-refractivity contribution >= 4 is 27.5 Å². The van der Waals surface area contributed by atoms with Gasteiger partial charge in [-0.2, -0.15) is 0 Å². The van der Waals surface area contributed by atoms with Crippen molar-refractivity contribution in [1.29, 1.82) is 0 Å². The van der Waals surface area contributed by atoms with Crippen LogP contribution in [0.5, 0.6) is 0 Å². The number of nitrogens with zero attached hydrogens (tertiary/aromatic N) is 2. The van der Waals surface area contributed by atoms with Gasteiger partial charge in [0, 0.05) is 19.6 Å². The number of benzene rings is 1. The summed E-state index contributed by atoms with van der Waals surface area (Å²) in [6, 6.07) is 4.62. The molecule has 0 spiro atoms. The molecule has 0 unspecified atom stereocenters. The fraction of sp³-hybridized carbons (Fsp3) is 0.611. The Balaban J connectivity index is 1.61. The van der Waals surface area contributed by atoms with Crippen molar-refractivity contribution in [2.45, 2.75) is 25.9 Å². The Morgan fingerprint density at radius 1 is 1.29 bits per heavy atom. The molecule has 1 N–H and O–H groups in total. The lowest BCUT2D eigenvalue weighted by Crippen LogP contribution is -2.37. The summed E-state index contributed by atoms with van der Waals surface area (Å²) in [5.74, 6) is -0.377. The molecule has 1 amide bonds. The van der Waals surface area contributed by atoms with E-state index >= 15 is 0 Å². The number of rotatable bonds is 8. The second kappa shape index (κ2) is 9.06. The number of nitrogens with one attached hydrogen (secondary N) is 1. The number of sulfonamides is 1. The molecular formula is C18H26FN3O5S. The maximum atomic E-state index is 14.6. The highest BCUT2D eigenvalue weighted by molar-refractivity contribution is 7.89. The van der Waals surface area contributed by atoms with E-state index in [4.69, 9.17) is 9.47 Å². The van der Waals surface area contributed by atoms with Gasteiger partial charge in [0.05, 0.1) is 36.9 Å². The second-order valence-corrected chi connectivity index (χ2v) is 8.80. The Bertz CT molecular complexity index is 798. The SMILES string of the molecule is CCCCS(=O)(=O)NC[C@H]1CN(c2ccc(N3CCOCC3)c(F)c2)C(=O)O1. The minimum absolute atomic E-state index is 0.00261. The summed E-state index contributed by atoms with van der Waals surface area (Å²) in [6.07, 6.45) is 0.113. The molecule has 0 aliphatic carbocycles. The Kier molecular flexibility index (Phi) is 6.73. The van der Waals surface area contributed by atoms with Crippen LogP contribution >= 0.6 is 0 Å². The van der Waals surface area contributed by atoms with Gasteiger partial charge in [-0.05, 0) is 24.6 Å². The maximum absolute atomic E-state index is 14.6. The van der Waals surface area contributed by atoms with Crippen LogP contribution in [-0.4, -0.2) is 65.8 Å². The number of carbonyl (C=O) groups excluding carboxylic acids is 1. The van der Waals surface area contributed by atoms with Crippen LogP contribution in [0.1, 0.15) is 19.8 Å². The lowest BCUT2D eigenvalue weighted by atomic mass is 10.2. The van der Waals surface area contributed by atoms with Crippen LogP contribution in [0.15, 0.2) is 18.2 Å². The Morgan fingerprint density at radius 2 is 2.04 bits per heavy atom. The van der Waals surface area contributed by atoms with Gasteiger partial charge in [-0.15, -0.1) is 0 Å². The van der Waals surface area contributed by atoms with Crippen LogP contribution < -0.4 is 14.5 Å². The van der Waals surface area contributed by atoms with E-state index in [1.165, 1.54) is 11.0 Å². The Labute approximate surface area is 164 Å². The van der Waals surface area contributed by atoms with Crippen molar-refractivity contribution in [3.8, 4) is 0 Å². The molecule has 0 aromatic heterocycles. The van der Waals surface area contributed by atoms with Crippen LogP contribution in [0, 0.1) is 5.82 Å². The van der Waals surface area contributed by atoms with E-state index in [0.717, 1.165) is 6.42 Å². The third kappa shape index (κ3) is 5.12. The Hall–Kier alpha value is -1.91. The molecular weight excluding hydrogens is 389 g/mol. The number of carbonyl (C=O) groups is 1. The molecule has 2 aliphatic rings. The monoisotopic (exact) mass is 415 g/mol. The van der Waals surface area contributed by atoms with Gasteiger partial charge in [0.15, 0.2) is 0 Å². The largest absolute Gasteiger partial charge is 0.443 e. The van der Waals surface area contributed by atoms with E-state index in [-0.39, 0.29) is 18.8 Å². The number of morpholine rings is 1. The van der Waals surface area contributed by atoms with Crippen LogP contribution in [0.25, 0.3) is 0 Å². The predicted octanol–water partition coefficient (Wildman–Crippen LogP) is 1.71. The topological polar surface area (TPSA) is 88.2 Å². The molecule has 2 saturated heterocycles. The highest BCUT2D eigenvalue weighted by Gasteiger charge is 2.33. The van der Waals surface area contributed by atoms with Crippen LogP contribution in [0.2, 0.25) is 0 Å². The Morgan fingerprint density at radius 3 is 2.71 bits per heavy atom. The van der Waals surface area contributed by atoms with E-state index in [9.17, 15) is 17.6 Å². The molecule has 2 aliphatic heterocycles. The van der Waals surface area contributed by atoms with Crippen molar-refractivity contribution in [2.75, 3.05) is 54.9 Å². The molecule has 3 rings (SSSR count). The quantitative estimate of drug-likeness (QED) is 0.695. The number of unbranched alkanes of at least 4 members (excludes halogenated alkanes) is 1. The minimum atomic E-state index is -3.39. The average Bonchev–Trinajstić information content (AvgIpc) is 3.06. The summed E-state index contributed by atoms with van der Waals surface area (Å²) in [5, 5.41) is 0. The van der Waals surface area contributed by atoms with E-state index in [0.29, 0.717) is 44.1 Å². The number of hydrogen-bond donors (Lipinski definition) is 1. The van der Waals surface area contributed by atoms with Crippen LogP contribution in [0.4, 0.5) is 20.6 Å². The summed E-state index contributed by atoms with van der Waals surface area (Å²) < 4.78 is 51.3. The third-order valence-electron chi connectivity index (χ3n) is 4.77. The molecule has 2 fully saturated rings. The molecule has 156 valence electrons. The van der Waals surface area contributed by atoms with Crippen molar-refractivity contribution in [2.24, 2.45) is 0 Å². The van der Waals surface area contributed by atoms with Crippen LogP contribution in [-0.2, 0) is 19.5 Å². The molecule has 1 atom stereocenters. The lowest BCUT2D eigenvalue weighted by Gasteiger charge is -2.29. The van der Waals surface area contributed by atoms with Gasteiger partial charge in [0.2, 0.25) is 10.0 Å². The van der Waals surface area contributed by atoms with Gasteiger partial charge in [0.1, 0.15) is 11.9 Å². The summed E-state index contributed by atoms with van der Waals surface area (Å²) in [4.78, 5) is 15.4. The fourth-order valence-corrected chi connectivity index (χ4v) is 4.44. The summed E-state index contributed by atoms with van der Waals surface area (Å²) in [7, 11) is -3.39. The van der Waals surface area contributed by atoms with Crippen LogP contribution in [0.3, 0.4) is 0 Å². The van der Waals surface area contributed by atoms with Gasteiger partial charge in [-0.25, -0.2) is 22.3 Å². The average molecular weight is 415 g/mol. The second-order valence-electron chi connectivity index (χ2n) is 6.87. The zero-order chi connectivity index (χ0) is 20.1. The number of cyclic esters (lactones) is 1. The van der Waals surface area contributed by atoms with Crippen molar-refractivity contribution < 1.29 is 27.1 Å². The normalized spacial score (nSPS) is 20.5. The predicted molar refractivity (Wildman–Crippen MR) is 104 cm³/mol. The highest BCUT2D eigenvalue weighted by Crippen LogP contribution is 2.28. The number of hydrogen-bond acceptors (Lipinski definition) is 6. The molecule has 0 bridgehead atoms. The smallest absolute Gasteiger partial charge is 0.414 e. The van der Waals surface area contributed by atoms with Gasteiger partial charge in [0.25, 0.3) is 0 Å². The van der Waals surface area contributed by atoms with Crippen molar-refractivity contribution in [3.05, 3.63) is 24.0 Å². The molecule has 1 aromatic carbocycles. The van der Waals surface area contributed by atoms with E-state index in [2.05, 4.69) is 4.72 Å². The molecule has 8 nitrogen and oxygen atoms in total. The van der Waals surface area contributed by atoms with E-state index in [1.54, 1.807) is 12.1 Å². The molecule has 0 radical (unpaired) electrons. The van der Waals surface area contributed by atoms with Gasteiger partial charge < -0.3 is 14.4 Å². The number of anilines is 2. The fourth-order valence-electron chi connectivity index (χ4n) is 3.19.